The van der Waals surface area contributed by atoms with Gasteiger partial charge in [0.1, 0.15) is 11.4 Å². The Morgan fingerprint density at radius 3 is 2.58 bits per heavy atom. The maximum Gasteiger partial charge on any atom is 0.292 e. The van der Waals surface area contributed by atoms with Gasteiger partial charge in [-0.15, -0.1) is 0 Å². The van der Waals surface area contributed by atoms with E-state index in [0.29, 0.717) is 12.3 Å². The summed E-state index contributed by atoms with van der Waals surface area (Å²) in [5, 5.41) is 18.2. The van der Waals surface area contributed by atoms with Crippen LogP contribution in [0.4, 0.5) is 11.4 Å². The van der Waals surface area contributed by atoms with Gasteiger partial charge in [0.05, 0.1) is 17.2 Å². The van der Waals surface area contributed by atoms with Crippen molar-refractivity contribution >= 4 is 34.4 Å². The van der Waals surface area contributed by atoms with Gasteiger partial charge >= 0.3 is 0 Å². The molecule has 2 aromatic rings. The lowest BCUT2D eigenvalue weighted by Gasteiger charge is -2.09. The van der Waals surface area contributed by atoms with Crippen molar-refractivity contribution in [2.45, 2.75) is 20.3 Å². The van der Waals surface area contributed by atoms with Gasteiger partial charge in [-0.2, -0.15) is 5.10 Å². The van der Waals surface area contributed by atoms with Crippen LogP contribution in [0.25, 0.3) is 0 Å². The minimum Gasteiger partial charge on any atom is -0.494 e. The summed E-state index contributed by atoms with van der Waals surface area (Å²) in [5.41, 5.74) is 4.58. The molecule has 136 valence electrons. The van der Waals surface area contributed by atoms with Crippen LogP contribution in [0.15, 0.2) is 53.6 Å². The highest BCUT2D eigenvalue weighted by Gasteiger charge is 2.12. The van der Waals surface area contributed by atoms with Crippen molar-refractivity contribution in [1.82, 2.24) is 5.43 Å². The van der Waals surface area contributed by atoms with Crippen LogP contribution in [0, 0.1) is 10.1 Å². The Kier molecular flexibility index (Phi) is 7.04. The smallest absolute Gasteiger partial charge is 0.292 e. The summed E-state index contributed by atoms with van der Waals surface area (Å²) in [7, 11) is 0. The number of anilines is 1. The number of thiocarbonyl (C=S) groups is 1. The van der Waals surface area contributed by atoms with E-state index in [1.54, 1.807) is 18.2 Å². The van der Waals surface area contributed by atoms with Gasteiger partial charge in [-0.25, -0.2) is 0 Å². The standard InChI is InChI=1S/C18H20N4O3S/c1-3-12-25-15-10-8-14(9-11-15)13(2)20-21-18(26)19-16-6-4-5-7-17(16)22(23)24/h4-11H,3,12H2,1-2H3,(H2,19,21,26)/b20-13-. The molecule has 0 spiro atoms. The summed E-state index contributed by atoms with van der Waals surface area (Å²) in [4.78, 5) is 10.5. The highest BCUT2D eigenvalue weighted by Crippen LogP contribution is 2.22. The molecule has 0 aliphatic rings. The van der Waals surface area contributed by atoms with Crippen molar-refractivity contribution in [3.05, 3.63) is 64.2 Å². The zero-order valence-corrected chi connectivity index (χ0v) is 15.4. The molecule has 0 atom stereocenters. The van der Waals surface area contributed by atoms with Gasteiger partial charge in [0.2, 0.25) is 0 Å². The van der Waals surface area contributed by atoms with Crippen molar-refractivity contribution in [3.63, 3.8) is 0 Å². The molecular formula is C18H20N4O3S. The van der Waals surface area contributed by atoms with Crippen LogP contribution in [0.5, 0.6) is 5.75 Å². The number of para-hydroxylation sites is 2. The van der Waals surface area contributed by atoms with Gasteiger partial charge in [0, 0.05) is 6.07 Å². The average Bonchev–Trinajstić information content (AvgIpc) is 2.65. The molecule has 8 heteroatoms. The van der Waals surface area contributed by atoms with Crippen molar-refractivity contribution in [1.29, 1.82) is 0 Å². The van der Waals surface area contributed by atoms with Gasteiger partial charge < -0.3 is 10.1 Å². The minimum absolute atomic E-state index is 0.0555. The number of hydrogen-bond acceptors (Lipinski definition) is 5. The monoisotopic (exact) mass is 372 g/mol. The summed E-state index contributed by atoms with van der Waals surface area (Å²) >= 11 is 5.15. The summed E-state index contributed by atoms with van der Waals surface area (Å²) in [6.07, 6.45) is 0.955. The number of nitrogens with one attached hydrogen (secondary N) is 2. The molecule has 0 fully saturated rings. The van der Waals surface area contributed by atoms with Crippen LogP contribution < -0.4 is 15.5 Å². The van der Waals surface area contributed by atoms with Crippen LogP contribution in [0.1, 0.15) is 25.8 Å². The summed E-state index contributed by atoms with van der Waals surface area (Å²) in [5.74, 6) is 0.810. The summed E-state index contributed by atoms with van der Waals surface area (Å²) < 4.78 is 5.54. The third-order valence-electron chi connectivity index (χ3n) is 3.42. The zero-order chi connectivity index (χ0) is 18.9. The molecule has 0 unspecified atom stereocenters. The molecule has 0 radical (unpaired) electrons. The van der Waals surface area contributed by atoms with E-state index in [-0.39, 0.29) is 10.8 Å². The van der Waals surface area contributed by atoms with E-state index in [0.717, 1.165) is 23.4 Å². The maximum absolute atomic E-state index is 11.0. The second kappa shape index (κ2) is 9.47. The van der Waals surface area contributed by atoms with Crippen LogP contribution in [0.2, 0.25) is 0 Å². The van der Waals surface area contributed by atoms with Crippen LogP contribution in [0.3, 0.4) is 0 Å². The molecule has 7 nitrogen and oxygen atoms in total. The molecule has 2 rings (SSSR count). The van der Waals surface area contributed by atoms with E-state index in [2.05, 4.69) is 22.8 Å². The third kappa shape index (κ3) is 5.52. The van der Waals surface area contributed by atoms with Gasteiger partial charge in [-0.1, -0.05) is 19.1 Å². The van der Waals surface area contributed by atoms with E-state index < -0.39 is 4.92 Å². The molecular weight excluding hydrogens is 352 g/mol. The molecule has 0 aromatic heterocycles. The van der Waals surface area contributed by atoms with E-state index >= 15 is 0 Å². The highest BCUT2D eigenvalue weighted by atomic mass is 32.1. The zero-order valence-electron chi connectivity index (χ0n) is 14.6. The molecule has 0 saturated heterocycles. The largest absolute Gasteiger partial charge is 0.494 e. The van der Waals surface area contributed by atoms with Crippen molar-refractivity contribution < 1.29 is 9.66 Å². The van der Waals surface area contributed by atoms with Gasteiger partial charge in [-0.05, 0) is 61.5 Å². The first-order valence-electron chi connectivity index (χ1n) is 8.09. The number of nitrogens with zero attached hydrogens (tertiary/aromatic N) is 2. The molecule has 0 heterocycles. The Hall–Kier alpha value is -3.00. The molecule has 26 heavy (non-hydrogen) atoms. The Balaban J connectivity index is 1.98. The fourth-order valence-electron chi connectivity index (χ4n) is 2.10. The van der Waals surface area contributed by atoms with E-state index in [1.807, 2.05) is 31.2 Å². The van der Waals surface area contributed by atoms with Crippen LogP contribution in [-0.4, -0.2) is 22.4 Å². The van der Waals surface area contributed by atoms with Crippen molar-refractivity contribution in [2.24, 2.45) is 5.10 Å². The Labute approximate surface area is 157 Å². The van der Waals surface area contributed by atoms with Crippen LogP contribution >= 0.6 is 12.2 Å². The number of nitro benzene ring substituents is 1. The summed E-state index contributed by atoms with van der Waals surface area (Å²) in [6, 6.07) is 13.8. The molecule has 0 aliphatic heterocycles. The lowest BCUT2D eigenvalue weighted by atomic mass is 10.1. The quantitative estimate of drug-likeness (QED) is 0.329. The topological polar surface area (TPSA) is 88.8 Å². The van der Waals surface area contributed by atoms with E-state index in [1.165, 1.54) is 6.07 Å². The lowest BCUT2D eigenvalue weighted by molar-refractivity contribution is -0.383. The predicted octanol–water partition coefficient (Wildman–Crippen LogP) is 4.09. The van der Waals surface area contributed by atoms with E-state index in [9.17, 15) is 10.1 Å². The molecule has 0 bridgehead atoms. The van der Waals surface area contributed by atoms with Gasteiger partial charge in [-0.3, -0.25) is 15.5 Å². The Morgan fingerprint density at radius 2 is 1.92 bits per heavy atom. The first-order valence-corrected chi connectivity index (χ1v) is 8.50. The predicted molar refractivity (Wildman–Crippen MR) is 107 cm³/mol. The molecule has 0 aliphatic carbocycles. The highest BCUT2D eigenvalue weighted by molar-refractivity contribution is 7.80. The molecule has 2 aromatic carbocycles. The number of hydrazone groups is 1. The fraction of sp³-hybridized carbons (Fsp3) is 0.222. The van der Waals surface area contributed by atoms with Gasteiger partial charge in [0.15, 0.2) is 5.11 Å². The fourth-order valence-corrected chi connectivity index (χ4v) is 2.26. The average molecular weight is 372 g/mol. The number of ether oxygens (including phenoxy) is 1. The van der Waals surface area contributed by atoms with Gasteiger partial charge in [0.25, 0.3) is 5.69 Å². The third-order valence-corrected chi connectivity index (χ3v) is 3.61. The van der Waals surface area contributed by atoms with Crippen molar-refractivity contribution in [3.8, 4) is 5.75 Å². The Bertz CT molecular complexity index is 806. The number of nitro groups is 1. The second-order valence-corrected chi connectivity index (χ2v) is 5.82. The van der Waals surface area contributed by atoms with Crippen molar-refractivity contribution in [2.75, 3.05) is 11.9 Å². The van der Waals surface area contributed by atoms with Crippen LogP contribution in [-0.2, 0) is 0 Å². The molecule has 0 saturated carbocycles. The second-order valence-electron chi connectivity index (χ2n) is 5.41. The first kappa shape index (κ1) is 19.3. The minimum atomic E-state index is -0.471. The number of benzene rings is 2. The normalized spacial score (nSPS) is 10.9. The molecule has 0 amide bonds. The first-order chi connectivity index (χ1) is 12.5. The lowest BCUT2D eigenvalue weighted by Crippen LogP contribution is -2.25. The maximum atomic E-state index is 11.0. The Morgan fingerprint density at radius 1 is 1.23 bits per heavy atom. The number of rotatable bonds is 7. The number of hydrogen-bond donors (Lipinski definition) is 2. The SMILES string of the molecule is CCCOc1ccc(/C(C)=N\NC(=S)Nc2ccccc2[N+](=O)[O-])cc1. The molecule has 2 N–H and O–H groups in total. The summed E-state index contributed by atoms with van der Waals surface area (Å²) in [6.45, 7) is 4.57. The van der Waals surface area contributed by atoms with E-state index in [4.69, 9.17) is 17.0 Å².